The molecule has 1 aliphatic rings. The van der Waals surface area contributed by atoms with E-state index in [1.165, 1.54) is 6.08 Å². The maximum absolute atomic E-state index is 12.7. The van der Waals surface area contributed by atoms with Crippen LogP contribution in [0.15, 0.2) is 47.4 Å². The molecular weight excluding hydrogens is 420 g/mol. The summed E-state index contributed by atoms with van der Waals surface area (Å²) >= 11 is 0.709. The van der Waals surface area contributed by atoms with E-state index in [-0.39, 0.29) is 10.7 Å². The zero-order chi connectivity index (χ0) is 22.5. The van der Waals surface area contributed by atoms with Gasteiger partial charge in [0.05, 0.1) is 4.91 Å². The number of carboxylic acids is 1. The highest BCUT2D eigenvalue weighted by molar-refractivity contribution is 8.18. The van der Waals surface area contributed by atoms with Gasteiger partial charge in [-0.15, -0.1) is 0 Å². The SMILES string of the molecule is Cc1ccc(NC(=O)CN2C(=O)SC(=Cc3ccccc3OCC(=O)O)C2=O)cc1C. The van der Waals surface area contributed by atoms with E-state index in [9.17, 15) is 19.2 Å². The number of amides is 3. The van der Waals surface area contributed by atoms with Crippen molar-refractivity contribution < 1.29 is 29.0 Å². The fraction of sp³-hybridized carbons (Fsp3) is 0.182. The Balaban J connectivity index is 1.71. The molecule has 2 aromatic rings. The summed E-state index contributed by atoms with van der Waals surface area (Å²) in [7, 11) is 0. The highest BCUT2D eigenvalue weighted by atomic mass is 32.2. The van der Waals surface area contributed by atoms with Crippen molar-refractivity contribution in [3.8, 4) is 5.75 Å². The molecule has 160 valence electrons. The number of benzene rings is 2. The van der Waals surface area contributed by atoms with Gasteiger partial charge in [-0.2, -0.15) is 0 Å². The molecule has 1 aliphatic heterocycles. The van der Waals surface area contributed by atoms with Gasteiger partial charge in [-0.05, 0) is 61.0 Å². The molecule has 0 aromatic heterocycles. The molecule has 1 saturated heterocycles. The average Bonchev–Trinajstić information content (AvgIpc) is 2.97. The second-order valence-corrected chi connectivity index (χ2v) is 7.83. The standard InChI is InChI=1S/C22H20N2O6S/c1-13-7-8-16(9-14(13)2)23-19(25)11-24-21(28)18(31-22(24)29)10-15-5-3-4-6-17(15)30-12-20(26)27/h3-10H,11-12H2,1-2H3,(H,23,25)(H,26,27). The van der Waals surface area contributed by atoms with E-state index < -0.39 is 36.2 Å². The summed E-state index contributed by atoms with van der Waals surface area (Å²) in [6.45, 7) is 2.93. The molecule has 0 bridgehead atoms. The van der Waals surface area contributed by atoms with Gasteiger partial charge < -0.3 is 15.2 Å². The molecule has 2 aromatic carbocycles. The van der Waals surface area contributed by atoms with Crippen LogP contribution in [-0.4, -0.2) is 46.2 Å². The number of para-hydroxylation sites is 1. The van der Waals surface area contributed by atoms with E-state index in [0.717, 1.165) is 16.0 Å². The number of carbonyl (C=O) groups excluding carboxylic acids is 3. The number of aliphatic carboxylic acids is 1. The van der Waals surface area contributed by atoms with Crippen molar-refractivity contribution in [1.29, 1.82) is 0 Å². The van der Waals surface area contributed by atoms with Crippen LogP contribution in [0.3, 0.4) is 0 Å². The number of carboxylic acid groups (broad SMARTS) is 1. The first-order chi connectivity index (χ1) is 14.7. The molecule has 8 nitrogen and oxygen atoms in total. The van der Waals surface area contributed by atoms with Crippen LogP contribution in [0.25, 0.3) is 6.08 Å². The Labute approximate surface area is 182 Å². The highest BCUT2D eigenvalue weighted by Crippen LogP contribution is 2.34. The van der Waals surface area contributed by atoms with Gasteiger partial charge in [0.2, 0.25) is 5.91 Å². The Morgan fingerprint density at radius 2 is 1.87 bits per heavy atom. The van der Waals surface area contributed by atoms with Crippen LogP contribution >= 0.6 is 11.8 Å². The summed E-state index contributed by atoms with van der Waals surface area (Å²) in [4.78, 5) is 49.1. The van der Waals surface area contributed by atoms with Crippen molar-refractivity contribution >= 4 is 46.5 Å². The lowest BCUT2D eigenvalue weighted by molar-refractivity contribution is -0.139. The Kier molecular flexibility index (Phi) is 6.76. The van der Waals surface area contributed by atoms with Gasteiger partial charge in [-0.25, -0.2) is 4.79 Å². The van der Waals surface area contributed by atoms with Crippen LogP contribution < -0.4 is 10.1 Å². The molecule has 3 rings (SSSR count). The van der Waals surface area contributed by atoms with Gasteiger partial charge in [-0.1, -0.05) is 24.3 Å². The van der Waals surface area contributed by atoms with Crippen molar-refractivity contribution in [2.75, 3.05) is 18.5 Å². The van der Waals surface area contributed by atoms with Gasteiger partial charge in [0.1, 0.15) is 12.3 Å². The number of thioether (sulfide) groups is 1. The van der Waals surface area contributed by atoms with Crippen molar-refractivity contribution in [2.24, 2.45) is 0 Å². The second-order valence-electron chi connectivity index (χ2n) is 6.84. The minimum atomic E-state index is -1.13. The zero-order valence-electron chi connectivity index (χ0n) is 16.9. The first-order valence-corrected chi connectivity index (χ1v) is 10.1. The van der Waals surface area contributed by atoms with E-state index in [4.69, 9.17) is 9.84 Å². The molecule has 0 aliphatic carbocycles. The first kappa shape index (κ1) is 22.1. The summed E-state index contributed by atoms with van der Waals surface area (Å²) in [6, 6.07) is 12.0. The molecule has 3 amide bonds. The number of hydrogen-bond donors (Lipinski definition) is 2. The minimum Gasteiger partial charge on any atom is -0.481 e. The Hall–Kier alpha value is -3.59. The average molecular weight is 440 g/mol. The number of imide groups is 1. The van der Waals surface area contributed by atoms with Gasteiger partial charge in [0.15, 0.2) is 6.61 Å². The molecule has 0 saturated carbocycles. The number of ether oxygens (including phenoxy) is 1. The topological polar surface area (TPSA) is 113 Å². The highest BCUT2D eigenvalue weighted by Gasteiger charge is 2.36. The number of rotatable bonds is 7. The summed E-state index contributed by atoms with van der Waals surface area (Å²) in [5.41, 5.74) is 3.13. The van der Waals surface area contributed by atoms with Crippen molar-refractivity contribution in [2.45, 2.75) is 13.8 Å². The van der Waals surface area contributed by atoms with Crippen LogP contribution in [0.4, 0.5) is 10.5 Å². The Morgan fingerprint density at radius 3 is 2.58 bits per heavy atom. The summed E-state index contributed by atoms with van der Waals surface area (Å²) < 4.78 is 5.22. The van der Waals surface area contributed by atoms with Crippen molar-refractivity contribution in [3.05, 3.63) is 64.1 Å². The number of carbonyl (C=O) groups is 4. The predicted octanol–water partition coefficient (Wildman–Crippen LogP) is 3.44. The molecule has 0 unspecified atom stereocenters. The third-order valence-electron chi connectivity index (χ3n) is 4.52. The number of anilines is 1. The van der Waals surface area contributed by atoms with E-state index in [2.05, 4.69) is 5.32 Å². The second kappa shape index (κ2) is 9.48. The van der Waals surface area contributed by atoms with Gasteiger partial charge >= 0.3 is 5.97 Å². The van der Waals surface area contributed by atoms with E-state index in [1.54, 1.807) is 30.3 Å². The molecule has 31 heavy (non-hydrogen) atoms. The van der Waals surface area contributed by atoms with Crippen LogP contribution in [0.1, 0.15) is 16.7 Å². The van der Waals surface area contributed by atoms with Crippen LogP contribution in [0.2, 0.25) is 0 Å². The molecule has 1 fully saturated rings. The smallest absolute Gasteiger partial charge is 0.341 e. The number of aryl methyl sites for hydroxylation is 2. The van der Waals surface area contributed by atoms with Crippen molar-refractivity contribution in [3.63, 3.8) is 0 Å². The third kappa shape index (κ3) is 5.52. The summed E-state index contributed by atoms with van der Waals surface area (Å²) in [5, 5.41) is 10.9. The molecule has 2 N–H and O–H groups in total. The fourth-order valence-corrected chi connectivity index (χ4v) is 3.64. The zero-order valence-corrected chi connectivity index (χ0v) is 17.7. The molecule has 0 atom stereocenters. The normalized spacial score (nSPS) is 14.8. The molecule has 1 heterocycles. The van der Waals surface area contributed by atoms with E-state index in [0.29, 0.717) is 23.0 Å². The number of hydrogen-bond acceptors (Lipinski definition) is 6. The Bertz CT molecular complexity index is 1100. The van der Waals surface area contributed by atoms with Gasteiger partial charge in [0.25, 0.3) is 11.1 Å². The van der Waals surface area contributed by atoms with Crippen LogP contribution in [-0.2, 0) is 14.4 Å². The largest absolute Gasteiger partial charge is 0.481 e. The maximum atomic E-state index is 12.7. The lowest BCUT2D eigenvalue weighted by Gasteiger charge is -2.13. The Morgan fingerprint density at radius 1 is 1.13 bits per heavy atom. The quantitative estimate of drug-likeness (QED) is 0.634. The van der Waals surface area contributed by atoms with Crippen molar-refractivity contribution in [1.82, 2.24) is 4.90 Å². The monoisotopic (exact) mass is 440 g/mol. The molecule has 0 radical (unpaired) electrons. The van der Waals surface area contributed by atoms with E-state index in [1.807, 2.05) is 26.0 Å². The third-order valence-corrected chi connectivity index (χ3v) is 5.43. The van der Waals surface area contributed by atoms with Crippen LogP contribution in [0, 0.1) is 13.8 Å². The van der Waals surface area contributed by atoms with Crippen LogP contribution in [0.5, 0.6) is 5.75 Å². The lowest BCUT2D eigenvalue weighted by atomic mass is 10.1. The maximum Gasteiger partial charge on any atom is 0.341 e. The summed E-state index contributed by atoms with van der Waals surface area (Å²) in [5.74, 6) is -1.95. The predicted molar refractivity (Wildman–Crippen MR) is 117 cm³/mol. The fourth-order valence-electron chi connectivity index (χ4n) is 2.81. The van der Waals surface area contributed by atoms with Gasteiger partial charge in [-0.3, -0.25) is 19.3 Å². The molecule has 0 spiro atoms. The van der Waals surface area contributed by atoms with E-state index >= 15 is 0 Å². The first-order valence-electron chi connectivity index (χ1n) is 9.30. The molecule has 9 heteroatoms. The summed E-state index contributed by atoms with van der Waals surface area (Å²) in [6.07, 6.45) is 1.45. The number of nitrogens with zero attached hydrogens (tertiary/aromatic N) is 1. The minimum absolute atomic E-state index is 0.121. The number of nitrogens with one attached hydrogen (secondary N) is 1. The van der Waals surface area contributed by atoms with Gasteiger partial charge in [0, 0.05) is 11.3 Å². The molecular formula is C22H20N2O6S. The lowest BCUT2D eigenvalue weighted by Crippen LogP contribution is -2.36.